The van der Waals surface area contributed by atoms with Crippen molar-refractivity contribution in [1.29, 1.82) is 5.41 Å². The number of nitrogen functional groups attached to an aromatic ring is 1. The quantitative estimate of drug-likeness (QED) is 0.571. The van der Waals surface area contributed by atoms with Crippen LogP contribution in [-0.2, 0) is 11.3 Å². The fourth-order valence-corrected chi connectivity index (χ4v) is 2.67. The highest BCUT2D eigenvalue weighted by molar-refractivity contribution is 5.96. The zero-order valence-corrected chi connectivity index (χ0v) is 12.7. The van der Waals surface area contributed by atoms with E-state index >= 15 is 0 Å². The molecule has 1 saturated carbocycles. The van der Waals surface area contributed by atoms with Gasteiger partial charge in [-0.1, -0.05) is 6.07 Å². The zero-order chi connectivity index (χ0) is 15.4. The number of hydrogen-bond donors (Lipinski definition) is 2. The second-order valence-electron chi connectivity index (χ2n) is 5.76. The Morgan fingerprint density at radius 3 is 2.81 bits per heavy atom. The van der Waals surface area contributed by atoms with Crippen molar-refractivity contribution >= 4 is 5.84 Å². The van der Waals surface area contributed by atoms with Gasteiger partial charge < -0.3 is 10.5 Å². The first-order chi connectivity index (χ1) is 10.0. The predicted octanol–water partition coefficient (Wildman–Crippen LogP) is 2.36. The number of nitrogens with two attached hydrogens (primary N) is 1. The van der Waals surface area contributed by atoms with E-state index in [0.717, 1.165) is 18.0 Å². The fourth-order valence-electron chi connectivity index (χ4n) is 2.67. The van der Waals surface area contributed by atoms with Gasteiger partial charge in [0.25, 0.3) is 0 Å². The largest absolute Gasteiger partial charge is 0.384 e. The fraction of sp³-hybridized carbons (Fsp3) is 0.562. The Morgan fingerprint density at radius 2 is 2.24 bits per heavy atom. The van der Waals surface area contributed by atoms with Crippen molar-refractivity contribution in [3.05, 3.63) is 35.1 Å². The Kier molecular flexibility index (Phi) is 5.31. The van der Waals surface area contributed by atoms with Gasteiger partial charge in [0.1, 0.15) is 11.7 Å². The third kappa shape index (κ3) is 4.25. The first-order valence-corrected chi connectivity index (χ1v) is 7.38. The summed E-state index contributed by atoms with van der Waals surface area (Å²) in [5.74, 6) is 0.293. The number of amidine groups is 1. The third-order valence-corrected chi connectivity index (χ3v) is 4.20. The van der Waals surface area contributed by atoms with E-state index in [-0.39, 0.29) is 11.7 Å². The van der Waals surface area contributed by atoms with Crippen molar-refractivity contribution in [2.24, 2.45) is 11.7 Å². The van der Waals surface area contributed by atoms with Crippen molar-refractivity contribution in [3.63, 3.8) is 0 Å². The van der Waals surface area contributed by atoms with Crippen LogP contribution < -0.4 is 5.73 Å². The molecule has 0 aliphatic heterocycles. The second kappa shape index (κ2) is 7.00. The van der Waals surface area contributed by atoms with E-state index in [4.69, 9.17) is 15.9 Å². The van der Waals surface area contributed by atoms with E-state index in [1.165, 1.54) is 25.0 Å². The van der Waals surface area contributed by atoms with Gasteiger partial charge in [-0.05, 0) is 43.4 Å². The van der Waals surface area contributed by atoms with Gasteiger partial charge in [0.15, 0.2) is 0 Å². The number of nitrogens with one attached hydrogen (secondary N) is 1. The molecule has 0 heterocycles. The molecule has 0 saturated heterocycles. The minimum Gasteiger partial charge on any atom is -0.384 e. The van der Waals surface area contributed by atoms with Crippen molar-refractivity contribution in [1.82, 2.24) is 4.90 Å². The summed E-state index contributed by atoms with van der Waals surface area (Å²) in [7, 11) is 1.69. The summed E-state index contributed by atoms with van der Waals surface area (Å²) in [5.41, 5.74) is 6.96. The lowest BCUT2D eigenvalue weighted by atomic mass is 10.0. The Labute approximate surface area is 125 Å². The molecule has 1 aliphatic carbocycles. The summed E-state index contributed by atoms with van der Waals surface area (Å²) in [6.45, 7) is 4.37. The number of hydrogen-bond acceptors (Lipinski definition) is 3. The number of nitrogens with zero attached hydrogens (tertiary/aromatic N) is 1. The molecule has 3 N–H and O–H groups in total. The molecule has 5 heteroatoms. The molecule has 0 aromatic heterocycles. The molecule has 0 radical (unpaired) electrons. The average Bonchev–Trinajstić information content (AvgIpc) is 3.28. The molecule has 2 rings (SSSR count). The van der Waals surface area contributed by atoms with Crippen molar-refractivity contribution in [2.45, 2.75) is 32.4 Å². The first-order valence-electron chi connectivity index (χ1n) is 7.38. The second-order valence-corrected chi connectivity index (χ2v) is 5.76. The Hall–Kier alpha value is -1.46. The molecular weight excluding hydrogens is 269 g/mol. The van der Waals surface area contributed by atoms with E-state index in [9.17, 15) is 4.39 Å². The lowest BCUT2D eigenvalue weighted by Gasteiger charge is -2.29. The van der Waals surface area contributed by atoms with Crippen LogP contribution in [0.2, 0.25) is 0 Å². The molecule has 0 bridgehead atoms. The van der Waals surface area contributed by atoms with E-state index in [0.29, 0.717) is 24.8 Å². The van der Waals surface area contributed by atoms with Crippen LogP contribution in [0.3, 0.4) is 0 Å². The van der Waals surface area contributed by atoms with Crippen LogP contribution in [-0.4, -0.2) is 37.0 Å². The molecule has 0 amide bonds. The van der Waals surface area contributed by atoms with Gasteiger partial charge in [-0.2, -0.15) is 0 Å². The molecule has 1 fully saturated rings. The van der Waals surface area contributed by atoms with Crippen molar-refractivity contribution in [2.75, 3.05) is 20.3 Å². The minimum atomic E-state index is -0.359. The molecule has 4 nitrogen and oxygen atoms in total. The topological polar surface area (TPSA) is 62.3 Å². The molecule has 1 aromatic carbocycles. The molecule has 116 valence electrons. The smallest absolute Gasteiger partial charge is 0.123 e. The summed E-state index contributed by atoms with van der Waals surface area (Å²) in [5, 5.41) is 7.63. The molecule has 1 unspecified atom stereocenters. The zero-order valence-electron chi connectivity index (χ0n) is 12.7. The summed E-state index contributed by atoms with van der Waals surface area (Å²) < 4.78 is 18.5. The molecule has 0 spiro atoms. The molecule has 1 aromatic rings. The first kappa shape index (κ1) is 15.9. The minimum absolute atomic E-state index is 0.0877. The number of rotatable bonds is 8. The maximum absolute atomic E-state index is 13.4. The standard InChI is InChI=1S/C16H24FN3O/c1-11(12-3-4-12)20(7-8-21-2)10-13-5-6-14(17)9-15(13)16(18)19/h5-6,9,11-12H,3-4,7-8,10H2,1-2H3,(H3,18,19). The highest BCUT2D eigenvalue weighted by atomic mass is 19.1. The third-order valence-electron chi connectivity index (χ3n) is 4.20. The number of halogens is 1. The van der Waals surface area contributed by atoms with Crippen LogP contribution in [0.25, 0.3) is 0 Å². The van der Waals surface area contributed by atoms with Gasteiger partial charge in [-0.15, -0.1) is 0 Å². The summed E-state index contributed by atoms with van der Waals surface area (Å²) >= 11 is 0. The van der Waals surface area contributed by atoms with E-state index in [1.54, 1.807) is 13.2 Å². The van der Waals surface area contributed by atoms with Crippen LogP contribution in [0.15, 0.2) is 18.2 Å². The van der Waals surface area contributed by atoms with Crippen molar-refractivity contribution in [3.8, 4) is 0 Å². The van der Waals surface area contributed by atoms with Gasteiger partial charge in [-0.3, -0.25) is 10.3 Å². The van der Waals surface area contributed by atoms with Gasteiger partial charge in [0.2, 0.25) is 0 Å². The van der Waals surface area contributed by atoms with Gasteiger partial charge in [-0.25, -0.2) is 4.39 Å². The highest BCUT2D eigenvalue weighted by Gasteiger charge is 2.32. The number of benzene rings is 1. The Bertz CT molecular complexity index is 502. The lowest BCUT2D eigenvalue weighted by molar-refractivity contribution is 0.111. The molecular formula is C16H24FN3O. The summed E-state index contributed by atoms with van der Waals surface area (Å²) in [6.07, 6.45) is 2.54. The van der Waals surface area contributed by atoms with E-state index in [2.05, 4.69) is 11.8 Å². The molecule has 1 atom stereocenters. The Morgan fingerprint density at radius 1 is 1.52 bits per heavy atom. The van der Waals surface area contributed by atoms with Crippen molar-refractivity contribution < 1.29 is 9.13 Å². The lowest BCUT2D eigenvalue weighted by Crippen LogP contribution is -2.37. The maximum Gasteiger partial charge on any atom is 0.123 e. The van der Waals surface area contributed by atoms with Gasteiger partial charge >= 0.3 is 0 Å². The normalized spacial score (nSPS) is 16.2. The van der Waals surface area contributed by atoms with E-state index in [1.807, 2.05) is 0 Å². The SMILES string of the molecule is COCCN(Cc1ccc(F)cc1C(=N)N)C(C)C1CC1. The van der Waals surface area contributed by atoms with Crippen LogP contribution >= 0.6 is 0 Å². The monoisotopic (exact) mass is 293 g/mol. The summed E-state index contributed by atoms with van der Waals surface area (Å²) in [4.78, 5) is 2.33. The van der Waals surface area contributed by atoms with Crippen LogP contribution in [0.4, 0.5) is 4.39 Å². The molecule has 1 aliphatic rings. The van der Waals surface area contributed by atoms with Gasteiger partial charge in [0.05, 0.1) is 6.61 Å². The van der Waals surface area contributed by atoms with E-state index < -0.39 is 0 Å². The predicted molar refractivity (Wildman–Crippen MR) is 81.9 cm³/mol. The number of methoxy groups -OCH3 is 1. The Balaban J connectivity index is 2.16. The highest BCUT2D eigenvalue weighted by Crippen LogP contribution is 2.35. The van der Waals surface area contributed by atoms with Crippen LogP contribution in [0, 0.1) is 17.1 Å². The number of ether oxygens (including phenoxy) is 1. The average molecular weight is 293 g/mol. The summed E-state index contributed by atoms with van der Waals surface area (Å²) in [6, 6.07) is 4.96. The maximum atomic E-state index is 13.4. The molecule has 21 heavy (non-hydrogen) atoms. The van der Waals surface area contributed by atoms with Crippen LogP contribution in [0.1, 0.15) is 30.9 Å². The van der Waals surface area contributed by atoms with Crippen LogP contribution in [0.5, 0.6) is 0 Å². The van der Waals surface area contributed by atoms with Gasteiger partial charge in [0, 0.05) is 31.8 Å².